The predicted molar refractivity (Wildman–Crippen MR) is 68.2 cm³/mol. The minimum absolute atomic E-state index is 0.00694. The maximum Gasteiger partial charge on any atom is 0.165 e. The molecule has 0 aliphatic carbocycles. The summed E-state index contributed by atoms with van der Waals surface area (Å²) < 4.78 is 32.6. The van der Waals surface area contributed by atoms with Crippen LogP contribution in [0.25, 0.3) is 0 Å². The van der Waals surface area contributed by atoms with Crippen LogP contribution in [0.15, 0.2) is 36.4 Å². The third-order valence-corrected chi connectivity index (χ3v) is 2.74. The lowest BCUT2D eigenvalue weighted by atomic mass is 10.1. The monoisotopic (exact) mass is 264 g/mol. The minimum atomic E-state index is -1.04. The van der Waals surface area contributed by atoms with Crippen molar-refractivity contribution in [2.45, 2.75) is 20.0 Å². The van der Waals surface area contributed by atoms with E-state index in [0.29, 0.717) is 0 Å². The second-order valence-corrected chi connectivity index (χ2v) is 4.36. The Labute approximate surface area is 110 Å². The first-order chi connectivity index (χ1) is 8.99. The predicted octanol–water partition coefficient (Wildman–Crippen LogP) is 4.12. The van der Waals surface area contributed by atoms with E-state index in [-0.39, 0.29) is 17.1 Å². The standard InChI is InChI=1S/C15H14F2O2/c1-9-6-7-11(16)14(8-9)19-13-5-3-4-12(17)15(13)10(2)18/h3-8,10,18H,1-2H3. The van der Waals surface area contributed by atoms with Crippen LogP contribution in [-0.2, 0) is 0 Å². The van der Waals surface area contributed by atoms with E-state index in [0.717, 1.165) is 5.56 Å². The summed E-state index contributed by atoms with van der Waals surface area (Å²) in [4.78, 5) is 0. The zero-order valence-corrected chi connectivity index (χ0v) is 10.7. The van der Waals surface area contributed by atoms with Crippen LogP contribution in [-0.4, -0.2) is 5.11 Å². The first-order valence-electron chi connectivity index (χ1n) is 5.89. The van der Waals surface area contributed by atoms with Gasteiger partial charge in [0.25, 0.3) is 0 Å². The van der Waals surface area contributed by atoms with Crippen molar-refractivity contribution in [2.24, 2.45) is 0 Å². The molecule has 0 aromatic heterocycles. The number of benzene rings is 2. The average molecular weight is 264 g/mol. The fraction of sp³-hybridized carbons (Fsp3) is 0.200. The number of rotatable bonds is 3. The molecule has 2 aromatic rings. The number of hydrogen-bond acceptors (Lipinski definition) is 2. The quantitative estimate of drug-likeness (QED) is 0.903. The second kappa shape index (κ2) is 5.36. The normalized spacial score (nSPS) is 12.3. The van der Waals surface area contributed by atoms with Gasteiger partial charge in [0.1, 0.15) is 11.6 Å². The molecule has 0 spiro atoms. The van der Waals surface area contributed by atoms with Gasteiger partial charge in [-0.2, -0.15) is 0 Å². The SMILES string of the molecule is Cc1ccc(F)c(Oc2cccc(F)c2C(C)O)c1. The van der Waals surface area contributed by atoms with Gasteiger partial charge < -0.3 is 9.84 Å². The summed E-state index contributed by atoms with van der Waals surface area (Å²) in [7, 11) is 0. The molecular weight excluding hydrogens is 250 g/mol. The van der Waals surface area contributed by atoms with Crippen molar-refractivity contribution in [1.82, 2.24) is 0 Å². The zero-order valence-electron chi connectivity index (χ0n) is 10.7. The molecule has 0 aliphatic heterocycles. The number of aryl methyl sites for hydroxylation is 1. The largest absolute Gasteiger partial charge is 0.454 e. The van der Waals surface area contributed by atoms with Gasteiger partial charge in [0.15, 0.2) is 11.6 Å². The molecule has 2 rings (SSSR count). The summed E-state index contributed by atoms with van der Waals surface area (Å²) in [5, 5.41) is 9.57. The van der Waals surface area contributed by atoms with E-state index in [4.69, 9.17) is 4.74 Å². The van der Waals surface area contributed by atoms with Crippen LogP contribution in [0.1, 0.15) is 24.2 Å². The molecule has 0 saturated heterocycles. The highest BCUT2D eigenvalue weighted by Gasteiger charge is 2.16. The van der Waals surface area contributed by atoms with Crippen LogP contribution < -0.4 is 4.74 Å². The Kier molecular flexibility index (Phi) is 3.81. The molecule has 4 heteroatoms. The van der Waals surface area contributed by atoms with Crippen molar-refractivity contribution < 1.29 is 18.6 Å². The number of aliphatic hydroxyl groups excluding tert-OH is 1. The first kappa shape index (κ1) is 13.5. The lowest BCUT2D eigenvalue weighted by Gasteiger charge is -2.14. The van der Waals surface area contributed by atoms with Crippen molar-refractivity contribution in [3.63, 3.8) is 0 Å². The van der Waals surface area contributed by atoms with Gasteiger partial charge in [0.2, 0.25) is 0 Å². The Balaban J connectivity index is 2.44. The van der Waals surface area contributed by atoms with Gasteiger partial charge in [-0.15, -0.1) is 0 Å². The summed E-state index contributed by atoms with van der Waals surface area (Å²) in [6.45, 7) is 3.23. The molecule has 0 amide bonds. The Hall–Kier alpha value is -1.94. The zero-order chi connectivity index (χ0) is 14.0. The Morgan fingerprint density at radius 2 is 1.79 bits per heavy atom. The number of hydrogen-bond donors (Lipinski definition) is 1. The van der Waals surface area contributed by atoms with Crippen molar-refractivity contribution in [2.75, 3.05) is 0 Å². The minimum Gasteiger partial charge on any atom is -0.454 e. The number of aliphatic hydroxyl groups is 1. The fourth-order valence-electron chi connectivity index (χ4n) is 1.82. The van der Waals surface area contributed by atoms with Gasteiger partial charge in [0.05, 0.1) is 11.7 Å². The van der Waals surface area contributed by atoms with E-state index in [1.165, 1.54) is 37.3 Å². The molecule has 2 aromatic carbocycles. The third-order valence-electron chi connectivity index (χ3n) is 2.74. The summed E-state index contributed by atoms with van der Waals surface area (Å²) in [5.41, 5.74) is 0.842. The molecule has 19 heavy (non-hydrogen) atoms. The highest BCUT2D eigenvalue weighted by Crippen LogP contribution is 2.33. The maximum atomic E-state index is 13.6. The molecule has 0 fully saturated rings. The molecule has 0 bridgehead atoms. The van der Waals surface area contributed by atoms with Crippen LogP contribution >= 0.6 is 0 Å². The van der Waals surface area contributed by atoms with Gasteiger partial charge in [-0.3, -0.25) is 0 Å². The van der Waals surface area contributed by atoms with E-state index in [1.54, 1.807) is 13.0 Å². The van der Waals surface area contributed by atoms with Crippen molar-refractivity contribution in [1.29, 1.82) is 0 Å². The van der Waals surface area contributed by atoms with Crippen molar-refractivity contribution in [3.05, 3.63) is 59.2 Å². The highest BCUT2D eigenvalue weighted by molar-refractivity contribution is 5.41. The summed E-state index contributed by atoms with van der Waals surface area (Å²) >= 11 is 0. The molecule has 1 N–H and O–H groups in total. The van der Waals surface area contributed by atoms with Gasteiger partial charge in [-0.05, 0) is 43.7 Å². The summed E-state index contributed by atoms with van der Waals surface area (Å²) in [6, 6.07) is 8.58. The van der Waals surface area contributed by atoms with Gasteiger partial charge in [0, 0.05) is 0 Å². The van der Waals surface area contributed by atoms with Gasteiger partial charge >= 0.3 is 0 Å². The van der Waals surface area contributed by atoms with Crippen LogP contribution in [0.5, 0.6) is 11.5 Å². The topological polar surface area (TPSA) is 29.5 Å². The smallest absolute Gasteiger partial charge is 0.165 e. The second-order valence-electron chi connectivity index (χ2n) is 4.36. The van der Waals surface area contributed by atoms with Crippen LogP contribution in [0.2, 0.25) is 0 Å². The van der Waals surface area contributed by atoms with Crippen molar-refractivity contribution >= 4 is 0 Å². The molecule has 2 nitrogen and oxygen atoms in total. The van der Waals surface area contributed by atoms with Crippen LogP contribution in [0, 0.1) is 18.6 Å². The molecule has 100 valence electrons. The fourth-order valence-corrected chi connectivity index (χ4v) is 1.82. The van der Waals surface area contributed by atoms with E-state index in [1.807, 2.05) is 0 Å². The van der Waals surface area contributed by atoms with E-state index in [2.05, 4.69) is 0 Å². The van der Waals surface area contributed by atoms with Crippen molar-refractivity contribution in [3.8, 4) is 11.5 Å². The van der Waals surface area contributed by atoms with E-state index < -0.39 is 17.7 Å². The van der Waals surface area contributed by atoms with Crippen LogP contribution in [0.4, 0.5) is 8.78 Å². The first-order valence-corrected chi connectivity index (χ1v) is 5.89. The van der Waals surface area contributed by atoms with Gasteiger partial charge in [-0.1, -0.05) is 12.1 Å². The molecule has 0 radical (unpaired) electrons. The third kappa shape index (κ3) is 2.90. The summed E-state index contributed by atoms with van der Waals surface area (Å²) in [6.07, 6.45) is -1.04. The maximum absolute atomic E-state index is 13.6. The Morgan fingerprint density at radius 1 is 1.05 bits per heavy atom. The molecular formula is C15H14F2O2. The average Bonchev–Trinajstić information content (AvgIpc) is 2.33. The molecule has 1 atom stereocenters. The number of halogens is 2. The molecule has 0 aliphatic rings. The van der Waals surface area contributed by atoms with E-state index in [9.17, 15) is 13.9 Å². The van der Waals surface area contributed by atoms with E-state index >= 15 is 0 Å². The highest BCUT2D eigenvalue weighted by atomic mass is 19.1. The molecule has 0 heterocycles. The Bertz CT molecular complexity index is 595. The lowest BCUT2D eigenvalue weighted by molar-refractivity contribution is 0.190. The molecule has 0 saturated carbocycles. The van der Waals surface area contributed by atoms with Gasteiger partial charge in [-0.25, -0.2) is 8.78 Å². The summed E-state index contributed by atoms with van der Waals surface area (Å²) in [5.74, 6) is -1.00. The molecule has 1 unspecified atom stereocenters. The lowest BCUT2D eigenvalue weighted by Crippen LogP contribution is -2.00. The Morgan fingerprint density at radius 3 is 2.47 bits per heavy atom. The number of ether oxygens (including phenoxy) is 1. The van der Waals surface area contributed by atoms with Crippen LogP contribution in [0.3, 0.4) is 0 Å².